The van der Waals surface area contributed by atoms with Crippen LogP contribution in [0.3, 0.4) is 0 Å². The number of unbranched alkanes of at least 4 members (excludes halogenated alkanes) is 2. The van der Waals surface area contributed by atoms with Gasteiger partial charge in [0.15, 0.2) is 0 Å². The van der Waals surface area contributed by atoms with Crippen LogP contribution in [0.25, 0.3) is 0 Å². The molecule has 3 aromatic rings. The molecule has 45 heavy (non-hydrogen) atoms. The van der Waals surface area contributed by atoms with Crippen molar-refractivity contribution in [3.63, 3.8) is 0 Å². The largest absolute Gasteiger partial charge is 0.497 e. The smallest absolute Gasteiger partial charge is 0.331 e. The highest BCUT2D eigenvalue weighted by Crippen LogP contribution is 2.65. The van der Waals surface area contributed by atoms with Gasteiger partial charge in [0.1, 0.15) is 17.3 Å². The van der Waals surface area contributed by atoms with Gasteiger partial charge in [0.2, 0.25) is 0 Å². The molecule has 9 heteroatoms. The molecule has 0 saturated carbocycles. The fraction of sp³-hybridized carbons (Fsp3) is 0.417. The van der Waals surface area contributed by atoms with Crippen LogP contribution in [-0.2, 0) is 11.3 Å². The van der Waals surface area contributed by atoms with Crippen molar-refractivity contribution in [2.45, 2.75) is 93.5 Å². The van der Waals surface area contributed by atoms with E-state index in [2.05, 4.69) is 26.0 Å². The summed E-state index contributed by atoms with van der Waals surface area (Å²) in [6.07, 6.45) is 9.24. The zero-order valence-electron chi connectivity index (χ0n) is 27.0. The molecule has 1 heterocycles. The Balaban J connectivity index is 2.01. The number of allylic oxidation sites excluding steroid dienone is 1. The highest BCUT2D eigenvalue weighted by Gasteiger charge is 2.49. The Kier molecular flexibility index (Phi) is 12.1. The standard InChI is InChI=1S/C36H47NO6S2/c1-6-8-19-36(20-9-7-2)24-31(28-13-11-10-12-14-28)30-22-33(44-5)32(43-26(3)21-35(38)39)23-34(30)45(40,41)37(36)25-27-15-17-29(42-4)18-16-27/h10-18,21-23,31,40-41H,6-9,19-20,24-25H2,1-5H3,(H,38,39)/b26-21+. The number of nitrogens with zero attached hydrogens (tertiary/aromatic N) is 1. The topological polar surface area (TPSA) is 99.5 Å². The van der Waals surface area contributed by atoms with E-state index in [9.17, 15) is 19.0 Å². The van der Waals surface area contributed by atoms with Crippen LogP contribution in [0.2, 0.25) is 0 Å². The summed E-state index contributed by atoms with van der Waals surface area (Å²) in [4.78, 5) is 12.6. The Morgan fingerprint density at radius 3 is 2.24 bits per heavy atom. The minimum atomic E-state index is -3.57. The first kappa shape index (κ1) is 34.9. The molecule has 0 radical (unpaired) electrons. The molecule has 0 spiro atoms. The van der Waals surface area contributed by atoms with E-state index in [0.717, 1.165) is 78.4 Å². The van der Waals surface area contributed by atoms with Crippen molar-refractivity contribution in [3.05, 3.63) is 95.3 Å². The first-order chi connectivity index (χ1) is 21.6. The second-order valence-corrected chi connectivity index (χ2v) is 14.5. The zero-order chi connectivity index (χ0) is 32.6. The van der Waals surface area contributed by atoms with E-state index in [1.807, 2.05) is 59.1 Å². The molecule has 244 valence electrons. The van der Waals surface area contributed by atoms with Gasteiger partial charge in [-0.3, -0.25) is 9.11 Å². The van der Waals surface area contributed by atoms with Gasteiger partial charge in [-0.1, -0.05) is 82.0 Å². The minimum absolute atomic E-state index is 0.0995. The molecule has 0 amide bonds. The monoisotopic (exact) mass is 653 g/mol. The molecule has 0 saturated heterocycles. The van der Waals surface area contributed by atoms with Crippen molar-refractivity contribution in [1.29, 1.82) is 0 Å². The maximum atomic E-state index is 12.7. The van der Waals surface area contributed by atoms with Gasteiger partial charge in [0.05, 0.1) is 23.0 Å². The molecule has 0 fully saturated rings. The molecule has 4 rings (SSSR count). The van der Waals surface area contributed by atoms with Gasteiger partial charge in [0.25, 0.3) is 0 Å². The number of thioether (sulfide) groups is 1. The summed E-state index contributed by atoms with van der Waals surface area (Å²) in [5.41, 5.74) is 2.45. The van der Waals surface area contributed by atoms with Gasteiger partial charge in [-0.25, -0.2) is 4.79 Å². The van der Waals surface area contributed by atoms with Crippen LogP contribution < -0.4 is 9.47 Å². The van der Waals surface area contributed by atoms with Gasteiger partial charge in [-0.2, -0.15) is 4.31 Å². The Bertz CT molecular complexity index is 1450. The third-order valence-electron chi connectivity index (χ3n) is 8.66. The van der Waals surface area contributed by atoms with Crippen molar-refractivity contribution < 1.29 is 28.5 Å². The molecular weight excluding hydrogens is 607 g/mol. The van der Waals surface area contributed by atoms with Crippen LogP contribution in [0, 0.1) is 0 Å². The van der Waals surface area contributed by atoms with Gasteiger partial charge in [-0.05, 0) is 67.3 Å². The Morgan fingerprint density at radius 2 is 1.69 bits per heavy atom. The Hall–Kier alpha value is -2.95. The number of hydrogen-bond acceptors (Lipinski definition) is 7. The molecule has 0 aliphatic carbocycles. The molecule has 3 N–H and O–H groups in total. The minimum Gasteiger partial charge on any atom is -0.497 e. The number of methoxy groups -OCH3 is 1. The normalized spacial score (nSPS) is 18.5. The van der Waals surface area contributed by atoms with Crippen LogP contribution in [0.5, 0.6) is 11.5 Å². The van der Waals surface area contributed by atoms with E-state index in [1.165, 1.54) is 11.8 Å². The summed E-state index contributed by atoms with van der Waals surface area (Å²) in [7, 11) is -1.94. The highest BCUT2D eigenvalue weighted by molar-refractivity contribution is 8.22. The lowest BCUT2D eigenvalue weighted by Crippen LogP contribution is -2.49. The van der Waals surface area contributed by atoms with Crippen LogP contribution in [-0.4, -0.2) is 43.4 Å². The molecule has 7 nitrogen and oxygen atoms in total. The van der Waals surface area contributed by atoms with Gasteiger partial charge in [-0.15, -0.1) is 22.5 Å². The Labute approximate surface area is 274 Å². The second-order valence-electron chi connectivity index (χ2n) is 11.7. The summed E-state index contributed by atoms with van der Waals surface area (Å²) in [6.45, 7) is 6.30. The summed E-state index contributed by atoms with van der Waals surface area (Å²) in [5.74, 6) is 0.149. The van der Waals surface area contributed by atoms with Gasteiger partial charge in [0, 0.05) is 24.1 Å². The number of aliphatic carboxylic acids is 1. The maximum Gasteiger partial charge on any atom is 0.331 e. The SMILES string of the molecule is CCCCC1(CCCC)CC(c2ccccc2)c2cc(SC)c(O/C(C)=C/C(=O)O)cc2S(O)(O)N1Cc1ccc(OC)cc1. The molecule has 1 aliphatic rings. The highest BCUT2D eigenvalue weighted by atomic mass is 32.3. The summed E-state index contributed by atoms with van der Waals surface area (Å²) < 4.78 is 38.8. The lowest BCUT2D eigenvalue weighted by molar-refractivity contribution is -0.131. The van der Waals surface area contributed by atoms with Crippen molar-refractivity contribution in [1.82, 2.24) is 4.31 Å². The van der Waals surface area contributed by atoms with Gasteiger partial charge >= 0.3 is 5.97 Å². The number of rotatable bonds is 14. The number of benzene rings is 3. The van der Waals surface area contributed by atoms with E-state index in [4.69, 9.17) is 9.47 Å². The number of ether oxygens (including phenoxy) is 2. The van der Waals surface area contributed by atoms with E-state index >= 15 is 0 Å². The lowest BCUT2D eigenvalue weighted by Gasteiger charge is -2.53. The van der Waals surface area contributed by atoms with Crippen molar-refractivity contribution >= 4 is 28.5 Å². The second kappa shape index (κ2) is 15.6. The predicted molar refractivity (Wildman–Crippen MR) is 185 cm³/mol. The third kappa shape index (κ3) is 8.07. The number of hydrogen-bond donors (Lipinski definition) is 3. The molecule has 3 aromatic carbocycles. The first-order valence-electron chi connectivity index (χ1n) is 15.6. The van der Waals surface area contributed by atoms with Crippen molar-refractivity contribution in [2.75, 3.05) is 13.4 Å². The van der Waals surface area contributed by atoms with Gasteiger partial charge < -0.3 is 14.6 Å². The number of fused-ring (bicyclic) bond motifs is 1. The first-order valence-corrected chi connectivity index (χ1v) is 18.4. The quantitative estimate of drug-likeness (QED) is 0.0898. The average molecular weight is 654 g/mol. The summed E-state index contributed by atoms with van der Waals surface area (Å²) in [6, 6.07) is 21.9. The van der Waals surface area contributed by atoms with E-state index in [0.29, 0.717) is 17.2 Å². The van der Waals surface area contributed by atoms with Crippen LogP contribution >= 0.6 is 22.5 Å². The van der Waals surface area contributed by atoms with Crippen molar-refractivity contribution in [2.24, 2.45) is 0 Å². The molecular formula is C36H47NO6S2. The number of carboxylic acid groups (broad SMARTS) is 1. The number of carboxylic acids is 1. The van der Waals surface area contributed by atoms with Crippen LogP contribution in [0.1, 0.15) is 88.3 Å². The molecule has 1 aliphatic heterocycles. The van der Waals surface area contributed by atoms with Crippen LogP contribution in [0.4, 0.5) is 0 Å². The molecule has 0 aromatic heterocycles. The average Bonchev–Trinajstić information content (AvgIpc) is 3.10. The van der Waals surface area contributed by atoms with E-state index in [-0.39, 0.29) is 11.7 Å². The predicted octanol–water partition coefficient (Wildman–Crippen LogP) is 9.97. The molecule has 1 unspecified atom stereocenters. The maximum absolute atomic E-state index is 12.7. The fourth-order valence-corrected chi connectivity index (χ4v) is 9.08. The van der Waals surface area contributed by atoms with E-state index in [1.54, 1.807) is 20.1 Å². The van der Waals surface area contributed by atoms with Crippen LogP contribution in [0.15, 0.2) is 88.4 Å². The molecule has 0 bridgehead atoms. The lowest BCUT2D eigenvalue weighted by atomic mass is 9.75. The summed E-state index contributed by atoms with van der Waals surface area (Å²) >= 11 is 1.49. The fourth-order valence-electron chi connectivity index (χ4n) is 6.39. The molecule has 1 atom stereocenters. The number of carbonyl (C=O) groups is 1. The zero-order valence-corrected chi connectivity index (χ0v) is 28.6. The third-order valence-corrected chi connectivity index (χ3v) is 11.5. The van der Waals surface area contributed by atoms with Crippen molar-refractivity contribution in [3.8, 4) is 11.5 Å². The Morgan fingerprint density at radius 1 is 1.04 bits per heavy atom. The van der Waals surface area contributed by atoms with E-state index < -0.39 is 22.3 Å². The summed E-state index contributed by atoms with van der Waals surface area (Å²) in [5, 5.41) is 9.32.